The van der Waals surface area contributed by atoms with Gasteiger partial charge in [0, 0.05) is 17.3 Å². The number of carbonyl (C=O) groups excluding carboxylic acids is 2. The van der Waals surface area contributed by atoms with E-state index in [0.717, 1.165) is 17.7 Å². The molecule has 4 nitrogen and oxygen atoms in total. The van der Waals surface area contributed by atoms with Gasteiger partial charge in [-0.05, 0) is 82.6 Å². The second-order valence-corrected chi connectivity index (χ2v) is 7.89. The maximum atomic E-state index is 12.9. The number of hydrogen-bond donors (Lipinski definition) is 2. The van der Waals surface area contributed by atoms with E-state index in [-0.39, 0.29) is 23.7 Å². The van der Waals surface area contributed by atoms with Gasteiger partial charge in [0.05, 0.1) is 11.7 Å². The molecule has 3 rings (SSSR count). The van der Waals surface area contributed by atoms with E-state index in [1.54, 1.807) is 0 Å². The fraction of sp³-hybridized carbons (Fsp3) is 0.478. The van der Waals surface area contributed by atoms with Gasteiger partial charge in [-0.25, -0.2) is 0 Å². The third-order valence-corrected chi connectivity index (χ3v) is 5.80. The van der Waals surface area contributed by atoms with E-state index in [1.165, 1.54) is 42.9 Å². The Labute approximate surface area is 161 Å². The van der Waals surface area contributed by atoms with E-state index in [4.69, 9.17) is 0 Å². The topological polar surface area (TPSA) is 62.0 Å². The predicted molar refractivity (Wildman–Crippen MR) is 109 cm³/mol. The molecule has 2 atom stereocenters. The number of aromatic amines is 1. The molecule has 1 aliphatic carbocycles. The summed E-state index contributed by atoms with van der Waals surface area (Å²) in [6.07, 6.45) is 4.87. The van der Waals surface area contributed by atoms with Crippen molar-refractivity contribution in [2.24, 2.45) is 0 Å². The lowest BCUT2D eigenvalue weighted by atomic mass is 9.89. The average molecular weight is 367 g/mol. The second kappa shape index (κ2) is 7.81. The second-order valence-electron chi connectivity index (χ2n) is 7.89. The Kier molecular flexibility index (Phi) is 5.66. The van der Waals surface area contributed by atoms with Crippen molar-refractivity contribution in [1.29, 1.82) is 0 Å². The first-order valence-electron chi connectivity index (χ1n) is 9.91. The van der Waals surface area contributed by atoms with Crippen molar-refractivity contribution in [3.8, 4) is 0 Å². The Hall–Kier alpha value is -2.20. The molecule has 0 fully saturated rings. The minimum atomic E-state index is -0.340. The molecule has 0 amide bonds. The molecule has 2 N–H and O–H groups in total. The van der Waals surface area contributed by atoms with E-state index in [1.807, 2.05) is 20.8 Å². The number of aryl methyl sites for hydroxylation is 3. The van der Waals surface area contributed by atoms with Crippen molar-refractivity contribution in [2.45, 2.75) is 72.4 Å². The predicted octanol–water partition coefficient (Wildman–Crippen LogP) is 4.63. The number of benzene rings is 1. The van der Waals surface area contributed by atoms with Gasteiger partial charge in [0.25, 0.3) is 0 Å². The van der Waals surface area contributed by atoms with E-state index in [0.29, 0.717) is 11.3 Å². The van der Waals surface area contributed by atoms with Crippen LogP contribution in [0.25, 0.3) is 0 Å². The van der Waals surface area contributed by atoms with Gasteiger partial charge in [0.15, 0.2) is 11.6 Å². The average Bonchev–Trinajstić information content (AvgIpc) is 2.94. The van der Waals surface area contributed by atoms with Crippen molar-refractivity contribution in [3.05, 3.63) is 57.4 Å². The Morgan fingerprint density at radius 1 is 1.07 bits per heavy atom. The summed E-state index contributed by atoms with van der Waals surface area (Å²) in [6.45, 7) is 9.21. The molecule has 2 aromatic rings. The molecule has 0 saturated carbocycles. The lowest BCUT2D eigenvalue weighted by molar-refractivity contribution is 0.0940. The molecule has 0 saturated heterocycles. The number of carbonyl (C=O) groups is 2. The number of nitrogens with one attached hydrogen (secondary N) is 2. The van der Waals surface area contributed by atoms with Crippen molar-refractivity contribution in [3.63, 3.8) is 0 Å². The van der Waals surface area contributed by atoms with Crippen LogP contribution in [0.3, 0.4) is 0 Å². The van der Waals surface area contributed by atoms with Crippen LogP contribution in [0.15, 0.2) is 18.2 Å². The maximum Gasteiger partial charge on any atom is 0.195 e. The molecule has 0 spiro atoms. The zero-order valence-corrected chi connectivity index (χ0v) is 17.0. The summed E-state index contributed by atoms with van der Waals surface area (Å²) >= 11 is 0. The number of Topliss-reactive ketones (excluding diaryl/α,β-unsaturated/α-hetero) is 2. The Balaban J connectivity index is 1.75. The molecule has 1 heterocycles. The molecule has 1 aromatic heterocycles. The Bertz CT molecular complexity index is 879. The molecule has 0 radical (unpaired) electrons. The van der Waals surface area contributed by atoms with Gasteiger partial charge in [0.1, 0.15) is 0 Å². The highest BCUT2D eigenvalue weighted by Gasteiger charge is 2.25. The fourth-order valence-electron chi connectivity index (χ4n) is 4.31. The van der Waals surface area contributed by atoms with Crippen LogP contribution < -0.4 is 5.32 Å². The van der Waals surface area contributed by atoms with E-state index >= 15 is 0 Å². The monoisotopic (exact) mass is 366 g/mol. The Morgan fingerprint density at radius 2 is 1.74 bits per heavy atom. The number of H-pyrrole nitrogens is 1. The van der Waals surface area contributed by atoms with Crippen LogP contribution in [0.4, 0.5) is 0 Å². The van der Waals surface area contributed by atoms with Crippen LogP contribution in [0.5, 0.6) is 0 Å². The lowest BCUT2D eigenvalue weighted by Gasteiger charge is -2.22. The van der Waals surface area contributed by atoms with Gasteiger partial charge in [-0.1, -0.05) is 18.2 Å². The van der Waals surface area contributed by atoms with Crippen molar-refractivity contribution in [1.82, 2.24) is 10.3 Å². The third-order valence-electron chi connectivity index (χ3n) is 5.80. The van der Waals surface area contributed by atoms with Crippen LogP contribution >= 0.6 is 0 Å². The summed E-state index contributed by atoms with van der Waals surface area (Å²) < 4.78 is 0. The minimum Gasteiger partial charge on any atom is -0.355 e. The summed E-state index contributed by atoms with van der Waals surface area (Å²) in [6, 6.07) is 6.46. The Morgan fingerprint density at radius 3 is 2.37 bits per heavy atom. The van der Waals surface area contributed by atoms with Crippen LogP contribution in [-0.2, 0) is 12.8 Å². The molecular weight excluding hydrogens is 336 g/mol. The summed E-state index contributed by atoms with van der Waals surface area (Å²) in [5.74, 6) is -0.0174. The molecular formula is C23H30N2O2. The smallest absolute Gasteiger partial charge is 0.195 e. The van der Waals surface area contributed by atoms with Gasteiger partial charge in [-0.2, -0.15) is 0 Å². The molecule has 0 bridgehead atoms. The summed E-state index contributed by atoms with van der Waals surface area (Å²) in [4.78, 5) is 27.9. The lowest BCUT2D eigenvalue weighted by Crippen LogP contribution is -2.36. The number of ketones is 2. The van der Waals surface area contributed by atoms with Crippen molar-refractivity contribution in [2.75, 3.05) is 0 Å². The van der Waals surface area contributed by atoms with Crippen molar-refractivity contribution < 1.29 is 9.59 Å². The highest BCUT2D eigenvalue weighted by molar-refractivity contribution is 6.05. The van der Waals surface area contributed by atoms with E-state index < -0.39 is 0 Å². The maximum absolute atomic E-state index is 12.9. The van der Waals surface area contributed by atoms with Gasteiger partial charge in [-0.15, -0.1) is 0 Å². The normalized spacial score (nSPS) is 15.9. The highest BCUT2D eigenvalue weighted by atomic mass is 16.1. The number of rotatable bonds is 6. The van der Waals surface area contributed by atoms with E-state index in [9.17, 15) is 9.59 Å². The summed E-state index contributed by atoms with van der Waals surface area (Å²) in [5, 5.41) is 3.43. The molecule has 0 aliphatic heterocycles. The minimum absolute atomic E-state index is 0.00656. The first-order chi connectivity index (χ1) is 12.8. The molecule has 4 heteroatoms. The van der Waals surface area contributed by atoms with Crippen LogP contribution in [0.2, 0.25) is 0 Å². The molecule has 1 aromatic carbocycles. The first-order valence-corrected chi connectivity index (χ1v) is 9.91. The number of aromatic nitrogens is 1. The highest BCUT2D eigenvalue weighted by Crippen LogP contribution is 2.25. The third kappa shape index (κ3) is 3.91. The van der Waals surface area contributed by atoms with Gasteiger partial charge < -0.3 is 10.3 Å². The molecule has 1 aliphatic rings. The number of hydrogen-bond acceptors (Lipinski definition) is 3. The molecule has 0 unspecified atom stereocenters. The first kappa shape index (κ1) is 19.6. The molecule has 27 heavy (non-hydrogen) atoms. The molecule has 144 valence electrons. The quantitative estimate of drug-likeness (QED) is 0.733. The largest absolute Gasteiger partial charge is 0.355 e. The zero-order chi connectivity index (χ0) is 19.7. The zero-order valence-electron chi connectivity index (χ0n) is 17.0. The number of fused-ring (bicyclic) bond motifs is 1. The standard InChI is InChI=1S/C23H30N2O2/c1-13-21(17(5)26)15(3)25-22(13)23(27)16(4)24-14(2)19-11-10-18-8-6-7-9-20(18)12-19/h10-12,14,16,24-25H,6-9H2,1-5H3/t14-,16+/m0/s1. The van der Waals surface area contributed by atoms with Gasteiger partial charge in [0.2, 0.25) is 0 Å². The fourth-order valence-corrected chi connectivity index (χ4v) is 4.31. The van der Waals surface area contributed by atoms with Gasteiger partial charge in [-0.3, -0.25) is 9.59 Å². The van der Waals surface area contributed by atoms with Crippen LogP contribution in [0.1, 0.15) is 88.4 Å². The summed E-state index contributed by atoms with van der Waals surface area (Å²) in [7, 11) is 0. The summed E-state index contributed by atoms with van der Waals surface area (Å²) in [5.41, 5.74) is 6.82. The van der Waals surface area contributed by atoms with Crippen LogP contribution in [0, 0.1) is 13.8 Å². The van der Waals surface area contributed by atoms with E-state index in [2.05, 4.69) is 35.4 Å². The van der Waals surface area contributed by atoms with Crippen molar-refractivity contribution >= 4 is 11.6 Å². The SMILES string of the molecule is CC(=O)c1c(C)[nH]c(C(=O)[C@@H](C)N[C@@H](C)c2ccc3c(c2)CCCC3)c1C. The van der Waals surface area contributed by atoms with Gasteiger partial charge >= 0.3 is 0 Å². The van der Waals surface area contributed by atoms with Crippen LogP contribution in [-0.4, -0.2) is 22.6 Å².